The van der Waals surface area contributed by atoms with Gasteiger partial charge in [-0.25, -0.2) is 4.79 Å². The number of aromatic nitrogens is 1. The molecule has 2 N–H and O–H groups in total. The maximum atomic E-state index is 12.4. The number of benzene rings is 1. The van der Waals surface area contributed by atoms with Gasteiger partial charge in [0.25, 0.3) is 5.91 Å². The molecule has 0 spiro atoms. The van der Waals surface area contributed by atoms with Crippen LogP contribution in [0, 0.1) is 0 Å². The number of amides is 1. The number of hydrogen-bond acceptors (Lipinski definition) is 5. The summed E-state index contributed by atoms with van der Waals surface area (Å²) in [4.78, 5) is 38.8. The number of carbonyl (C=O) groups excluding carboxylic acids is 2. The number of ether oxygens (including phenoxy) is 2. The number of methoxy groups -OCH3 is 1. The molecule has 0 atom stereocenters. The molecular weight excluding hydrogens is 324 g/mol. The molecular formula is C18H18N2O5. The summed E-state index contributed by atoms with van der Waals surface area (Å²) < 4.78 is 9.11. The Hall–Kier alpha value is -3.35. The Balaban J connectivity index is 2.23. The Morgan fingerprint density at radius 1 is 1.32 bits per heavy atom. The van der Waals surface area contributed by atoms with E-state index in [1.54, 1.807) is 31.2 Å². The van der Waals surface area contributed by atoms with Gasteiger partial charge in [-0.15, -0.1) is 0 Å². The fraction of sp³-hybridized carbons (Fsp3) is 0.167. The van der Waals surface area contributed by atoms with Crippen molar-refractivity contribution in [2.45, 2.75) is 13.3 Å². The number of fused-ring (bicyclic) bond motifs is 1. The number of pyridine rings is 1. The second kappa shape index (κ2) is 7.96. The molecule has 1 aromatic carbocycles. The van der Waals surface area contributed by atoms with Crippen LogP contribution in [0.2, 0.25) is 0 Å². The first-order valence-electron chi connectivity index (χ1n) is 7.53. The number of rotatable bonds is 5. The van der Waals surface area contributed by atoms with Gasteiger partial charge in [0.05, 0.1) is 7.11 Å². The van der Waals surface area contributed by atoms with Crippen LogP contribution < -0.4 is 10.7 Å². The summed E-state index contributed by atoms with van der Waals surface area (Å²) in [7, 11) is 1.17. The maximum Gasteiger partial charge on any atom is 0.513 e. The SMILES string of the molecule is C=C(/C=C(\CC)NC(=O)c1c[nH]c2ccccc2c1=O)OC(=O)OC. The molecule has 0 radical (unpaired) electrons. The van der Waals surface area contributed by atoms with Crippen molar-refractivity contribution in [1.29, 1.82) is 0 Å². The number of H-pyrrole nitrogens is 1. The summed E-state index contributed by atoms with van der Waals surface area (Å²) >= 11 is 0. The highest BCUT2D eigenvalue weighted by Crippen LogP contribution is 2.09. The molecule has 2 rings (SSSR count). The minimum atomic E-state index is -0.908. The van der Waals surface area contributed by atoms with E-state index in [0.29, 0.717) is 23.0 Å². The van der Waals surface area contributed by atoms with Gasteiger partial charge in [-0.1, -0.05) is 25.6 Å². The number of carbonyl (C=O) groups is 2. The third-order valence-corrected chi connectivity index (χ3v) is 3.40. The topological polar surface area (TPSA) is 97.5 Å². The van der Waals surface area contributed by atoms with Crippen LogP contribution in [-0.4, -0.2) is 24.2 Å². The molecule has 25 heavy (non-hydrogen) atoms. The predicted octanol–water partition coefficient (Wildman–Crippen LogP) is 2.85. The lowest BCUT2D eigenvalue weighted by Crippen LogP contribution is -2.28. The smallest absolute Gasteiger partial charge is 0.437 e. The van der Waals surface area contributed by atoms with Crippen molar-refractivity contribution < 1.29 is 19.1 Å². The van der Waals surface area contributed by atoms with Crippen molar-refractivity contribution in [2.75, 3.05) is 7.11 Å². The van der Waals surface area contributed by atoms with Gasteiger partial charge in [-0.3, -0.25) is 9.59 Å². The molecule has 0 aliphatic rings. The van der Waals surface area contributed by atoms with E-state index in [0.717, 1.165) is 0 Å². The Morgan fingerprint density at radius 3 is 2.72 bits per heavy atom. The van der Waals surface area contributed by atoms with Crippen LogP contribution in [0.15, 0.2) is 59.4 Å². The minimum absolute atomic E-state index is 0.0106. The van der Waals surface area contributed by atoms with E-state index in [-0.39, 0.29) is 16.8 Å². The zero-order chi connectivity index (χ0) is 18.4. The maximum absolute atomic E-state index is 12.4. The molecule has 0 saturated carbocycles. The van der Waals surface area contributed by atoms with Crippen LogP contribution in [0.3, 0.4) is 0 Å². The van der Waals surface area contributed by atoms with Crippen molar-refractivity contribution in [1.82, 2.24) is 10.3 Å². The van der Waals surface area contributed by atoms with Crippen molar-refractivity contribution in [3.05, 3.63) is 70.4 Å². The summed E-state index contributed by atoms with van der Waals surface area (Å²) in [6, 6.07) is 6.92. The summed E-state index contributed by atoms with van der Waals surface area (Å²) in [6.45, 7) is 5.34. The largest absolute Gasteiger partial charge is 0.513 e. The van der Waals surface area contributed by atoms with Crippen molar-refractivity contribution in [2.24, 2.45) is 0 Å². The zero-order valence-corrected chi connectivity index (χ0v) is 13.9. The molecule has 7 nitrogen and oxygen atoms in total. The first kappa shape index (κ1) is 18.0. The lowest BCUT2D eigenvalue weighted by Gasteiger charge is -2.09. The Labute approximate surface area is 143 Å². The molecule has 0 bridgehead atoms. The quantitative estimate of drug-likeness (QED) is 0.495. The number of aromatic amines is 1. The van der Waals surface area contributed by atoms with Crippen LogP contribution >= 0.6 is 0 Å². The number of hydrogen-bond donors (Lipinski definition) is 2. The average molecular weight is 342 g/mol. The molecule has 1 aromatic heterocycles. The third kappa shape index (κ3) is 4.35. The van der Waals surface area contributed by atoms with E-state index in [1.807, 2.05) is 0 Å². The Kier molecular flexibility index (Phi) is 5.73. The van der Waals surface area contributed by atoms with Crippen molar-refractivity contribution in [3.8, 4) is 0 Å². The summed E-state index contributed by atoms with van der Waals surface area (Å²) in [5, 5.41) is 3.05. The van der Waals surface area contributed by atoms with Crippen molar-refractivity contribution in [3.63, 3.8) is 0 Å². The first-order chi connectivity index (χ1) is 12.0. The molecule has 0 fully saturated rings. The molecule has 0 aliphatic heterocycles. The third-order valence-electron chi connectivity index (χ3n) is 3.40. The fourth-order valence-electron chi connectivity index (χ4n) is 2.15. The highest BCUT2D eigenvalue weighted by molar-refractivity contribution is 5.98. The second-order valence-corrected chi connectivity index (χ2v) is 5.08. The second-order valence-electron chi connectivity index (χ2n) is 5.08. The lowest BCUT2D eigenvalue weighted by molar-refractivity contribution is 0.0963. The molecule has 7 heteroatoms. The van der Waals surface area contributed by atoms with Gasteiger partial charge in [-0.2, -0.15) is 0 Å². The van der Waals surface area contributed by atoms with Gasteiger partial charge in [0.1, 0.15) is 11.3 Å². The highest BCUT2D eigenvalue weighted by atomic mass is 16.7. The molecule has 2 aromatic rings. The minimum Gasteiger partial charge on any atom is -0.437 e. The standard InChI is InChI=1S/C18H18N2O5/c1-4-12(9-11(2)25-18(23)24-3)20-17(22)14-10-19-15-8-6-5-7-13(15)16(14)21/h5-10H,2,4H2,1,3H3,(H,19,21)(H,20,22)/b12-9+. The monoisotopic (exact) mass is 342 g/mol. The normalized spacial score (nSPS) is 11.0. The van der Waals surface area contributed by atoms with Gasteiger partial charge in [0.2, 0.25) is 5.43 Å². The van der Waals surface area contributed by atoms with Gasteiger partial charge < -0.3 is 19.8 Å². The zero-order valence-electron chi connectivity index (χ0n) is 13.9. The average Bonchev–Trinajstić information content (AvgIpc) is 2.61. The van der Waals surface area contributed by atoms with E-state index in [2.05, 4.69) is 21.6 Å². The van der Waals surface area contributed by atoms with Crippen LogP contribution in [0.5, 0.6) is 0 Å². The van der Waals surface area contributed by atoms with Crippen LogP contribution in [0.25, 0.3) is 10.9 Å². The lowest BCUT2D eigenvalue weighted by atomic mass is 10.1. The Bertz CT molecular complexity index is 911. The van der Waals surface area contributed by atoms with Gasteiger partial charge >= 0.3 is 6.16 Å². The van der Waals surface area contributed by atoms with Crippen LogP contribution in [-0.2, 0) is 9.47 Å². The molecule has 0 aliphatic carbocycles. The summed E-state index contributed by atoms with van der Waals surface area (Å²) in [5.41, 5.74) is 0.700. The van der Waals surface area contributed by atoms with E-state index in [1.165, 1.54) is 19.4 Å². The molecule has 130 valence electrons. The first-order valence-corrected chi connectivity index (χ1v) is 7.53. The predicted molar refractivity (Wildman–Crippen MR) is 93.0 cm³/mol. The highest BCUT2D eigenvalue weighted by Gasteiger charge is 2.14. The summed E-state index contributed by atoms with van der Waals surface area (Å²) in [6.07, 6.45) is 2.28. The van der Waals surface area contributed by atoms with E-state index >= 15 is 0 Å². The van der Waals surface area contributed by atoms with E-state index in [4.69, 9.17) is 4.74 Å². The number of nitrogens with one attached hydrogen (secondary N) is 2. The Morgan fingerprint density at radius 2 is 2.04 bits per heavy atom. The fourth-order valence-corrected chi connectivity index (χ4v) is 2.15. The molecule has 1 heterocycles. The van der Waals surface area contributed by atoms with Gasteiger partial charge in [-0.05, 0) is 24.6 Å². The molecule has 0 saturated heterocycles. The number of allylic oxidation sites excluding steroid dienone is 2. The number of para-hydroxylation sites is 1. The van der Waals surface area contributed by atoms with Gasteiger partial charge in [0.15, 0.2) is 0 Å². The van der Waals surface area contributed by atoms with E-state index in [9.17, 15) is 14.4 Å². The molecule has 0 unspecified atom stereocenters. The van der Waals surface area contributed by atoms with Gasteiger partial charge in [0, 0.05) is 22.8 Å². The van der Waals surface area contributed by atoms with Crippen molar-refractivity contribution >= 4 is 23.0 Å². The van der Waals surface area contributed by atoms with E-state index < -0.39 is 12.1 Å². The van der Waals surface area contributed by atoms with Crippen LogP contribution in [0.4, 0.5) is 4.79 Å². The summed E-state index contributed by atoms with van der Waals surface area (Å²) in [5.74, 6) is -0.553. The molecule has 1 amide bonds. The van der Waals surface area contributed by atoms with Crippen LogP contribution in [0.1, 0.15) is 23.7 Å².